The van der Waals surface area contributed by atoms with Gasteiger partial charge >= 0.3 is 5.97 Å². The number of hydrogen-bond acceptors (Lipinski definition) is 7. The predicted molar refractivity (Wildman–Crippen MR) is 108 cm³/mol. The second-order valence-corrected chi connectivity index (χ2v) is 8.32. The Labute approximate surface area is 173 Å². The summed E-state index contributed by atoms with van der Waals surface area (Å²) in [7, 11) is -2.46. The first-order valence-electron chi connectivity index (χ1n) is 9.11. The third-order valence-electron chi connectivity index (χ3n) is 4.75. The Balaban J connectivity index is 1.59. The molecule has 158 valence electrons. The Bertz CT molecular complexity index is 1060. The molecule has 3 rings (SSSR count). The number of primary sulfonamides is 1. The molecular formula is C20H21N3O6S. The van der Waals surface area contributed by atoms with Gasteiger partial charge in [0.05, 0.1) is 35.7 Å². The minimum absolute atomic E-state index is 0.0297. The number of carbonyl (C=O) groups is 3. The molecule has 0 bridgehead atoms. The van der Waals surface area contributed by atoms with Crippen molar-refractivity contribution in [3.05, 3.63) is 59.7 Å². The summed E-state index contributed by atoms with van der Waals surface area (Å²) in [6, 6.07) is 11.5. The van der Waals surface area contributed by atoms with Crippen LogP contribution in [0.1, 0.15) is 22.3 Å². The van der Waals surface area contributed by atoms with E-state index in [1.165, 1.54) is 43.5 Å². The van der Waals surface area contributed by atoms with Crippen molar-refractivity contribution >= 4 is 33.5 Å². The Kier molecular flexibility index (Phi) is 6.30. The van der Waals surface area contributed by atoms with E-state index in [9.17, 15) is 22.8 Å². The van der Waals surface area contributed by atoms with Gasteiger partial charge in [0.25, 0.3) is 5.91 Å². The number of amides is 2. The van der Waals surface area contributed by atoms with Crippen LogP contribution in [0.15, 0.2) is 53.4 Å². The maximum Gasteiger partial charge on any atom is 0.337 e. The number of carbonyl (C=O) groups excluding carboxylic acids is 3. The molecule has 1 aliphatic heterocycles. The topological polar surface area (TPSA) is 136 Å². The van der Waals surface area contributed by atoms with E-state index >= 15 is 0 Å². The van der Waals surface area contributed by atoms with E-state index in [1.54, 1.807) is 12.1 Å². The second kappa shape index (κ2) is 8.74. The number of esters is 1. The molecule has 1 fully saturated rings. The largest absolute Gasteiger partial charge is 0.465 e. The number of nitrogens with zero attached hydrogens (tertiary/aromatic N) is 1. The highest BCUT2D eigenvalue weighted by molar-refractivity contribution is 7.89. The zero-order chi connectivity index (χ0) is 21.9. The van der Waals surface area contributed by atoms with Crippen molar-refractivity contribution in [2.75, 3.05) is 18.6 Å². The molecule has 2 amide bonds. The SMILES string of the molecule is COC(=O)c1ccc(N2C(=O)C[C@@H](NCCc3ccc(S(N)(=O)=O)cc3)C2=O)cc1. The number of nitrogens with one attached hydrogen (secondary N) is 1. The van der Waals surface area contributed by atoms with Crippen LogP contribution < -0.4 is 15.4 Å². The van der Waals surface area contributed by atoms with Crippen LogP contribution in [-0.4, -0.2) is 45.9 Å². The molecule has 0 aromatic heterocycles. The maximum atomic E-state index is 12.7. The molecule has 10 heteroatoms. The van der Waals surface area contributed by atoms with Gasteiger partial charge in [0.2, 0.25) is 15.9 Å². The standard InChI is InChI=1S/C20H21N3O6S/c1-29-20(26)14-4-6-15(7-5-14)23-18(24)12-17(19(23)25)22-11-10-13-2-8-16(9-3-13)30(21,27)28/h2-9,17,22H,10-12H2,1H3,(H2,21,27,28)/t17-/m1/s1. The molecule has 9 nitrogen and oxygen atoms in total. The van der Waals surface area contributed by atoms with Crippen molar-refractivity contribution in [2.24, 2.45) is 5.14 Å². The molecule has 1 aliphatic rings. The minimum atomic E-state index is -3.74. The number of methoxy groups -OCH3 is 1. The van der Waals surface area contributed by atoms with Gasteiger partial charge in [-0.05, 0) is 54.9 Å². The highest BCUT2D eigenvalue weighted by Gasteiger charge is 2.39. The Morgan fingerprint density at radius 1 is 1.13 bits per heavy atom. The first kappa shape index (κ1) is 21.6. The molecule has 3 N–H and O–H groups in total. The van der Waals surface area contributed by atoms with Crippen LogP contribution in [0.5, 0.6) is 0 Å². The molecule has 0 radical (unpaired) electrons. The minimum Gasteiger partial charge on any atom is -0.465 e. The lowest BCUT2D eigenvalue weighted by Crippen LogP contribution is -2.39. The normalized spacial score (nSPS) is 16.7. The average molecular weight is 431 g/mol. The first-order valence-corrected chi connectivity index (χ1v) is 10.7. The Morgan fingerprint density at radius 3 is 2.33 bits per heavy atom. The van der Waals surface area contributed by atoms with Gasteiger partial charge in [-0.3, -0.25) is 9.59 Å². The predicted octanol–water partition coefficient (Wildman–Crippen LogP) is 0.585. The molecule has 0 spiro atoms. The van der Waals surface area contributed by atoms with E-state index < -0.39 is 22.0 Å². The molecule has 1 atom stereocenters. The van der Waals surface area contributed by atoms with Gasteiger partial charge in [0, 0.05) is 0 Å². The fourth-order valence-corrected chi connectivity index (χ4v) is 3.68. The summed E-state index contributed by atoms with van der Waals surface area (Å²) in [6.45, 7) is 0.424. The summed E-state index contributed by atoms with van der Waals surface area (Å²) in [5.41, 5.74) is 1.57. The Hall–Kier alpha value is -3.08. The summed E-state index contributed by atoms with van der Waals surface area (Å²) in [6.07, 6.45) is 0.568. The highest BCUT2D eigenvalue weighted by atomic mass is 32.2. The number of benzene rings is 2. The molecule has 0 aliphatic carbocycles. The summed E-state index contributed by atoms with van der Waals surface area (Å²) >= 11 is 0. The van der Waals surface area contributed by atoms with Crippen molar-refractivity contribution in [2.45, 2.75) is 23.8 Å². The van der Waals surface area contributed by atoms with E-state index in [-0.39, 0.29) is 23.1 Å². The van der Waals surface area contributed by atoms with E-state index in [2.05, 4.69) is 10.1 Å². The number of hydrogen-bond donors (Lipinski definition) is 2. The van der Waals surface area contributed by atoms with Crippen molar-refractivity contribution in [1.82, 2.24) is 5.32 Å². The van der Waals surface area contributed by atoms with Gasteiger partial charge in [0.15, 0.2) is 0 Å². The fraction of sp³-hybridized carbons (Fsp3) is 0.250. The number of imide groups is 1. The van der Waals surface area contributed by atoms with Crippen LogP contribution in [0, 0.1) is 0 Å². The fourth-order valence-electron chi connectivity index (χ4n) is 3.16. The van der Waals surface area contributed by atoms with E-state index in [4.69, 9.17) is 5.14 Å². The van der Waals surface area contributed by atoms with Crippen LogP contribution >= 0.6 is 0 Å². The van der Waals surface area contributed by atoms with Crippen molar-refractivity contribution in [3.63, 3.8) is 0 Å². The smallest absolute Gasteiger partial charge is 0.337 e. The molecule has 0 saturated carbocycles. The van der Waals surface area contributed by atoms with Crippen LogP contribution in [0.4, 0.5) is 5.69 Å². The second-order valence-electron chi connectivity index (χ2n) is 6.76. The van der Waals surface area contributed by atoms with Crippen LogP contribution in [0.3, 0.4) is 0 Å². The lowest BCUT2D eigenvalue weighted by molar-refractivity contribution is -0.121. The zero-order valence-corrected chi connectivity index (χ0v) is 17.0. The molecule has 2 aromatic carbocycles. The van der Waals surface area contributed by atoms with Gasteiger partial charge in [-0.1, -0.05) is 12.1 Å². The highest BCUT2D eigenvalue weighted by Crippen LogP contribution is 2.23. The van der Waals surface area contributed by atoms with Gasteiger partial charge in [0.1, 0.15) is 0 Å². The molecule has 0 unspecified atom stereocenters. The summed E-state index contributed by atoms with van der Waals surface area (Å²) < 4.78 is 27.2. The number of sulfonamides is 1. The van der Waals surface area contributed by atoms with Crippen LogP contribution in [0.25, 0.3) is 0 Å². The lowest BCUT2D eigenvalue weighted by Gasteiger charge is -2.16. The average Bonchev–Trinajstić information content (AvgIpc) is 3.00. The molecule has 2 aromatic rings. The van der Waals surface area contributed by atoms with Crippen molar-refractivity contribution < 1.29 is 27.5 Å². The number of ether oxygens (including phenoxy) is 1. The molecule has 30 heavy (non-hydrogen) atoms. The van der Waals surface area contributed by atoms with E-state index in [0.717, 1.165) is 10.5 Å². The van der Waals surface area contributed by atoms with Crippen molar-refractivity contribution in [1.29, 1.82) is 0 Å². The first-order chi connectivity index (χ1) is 14.2. The molecule has 1 saturated heterocycles. The summed E-state index contributed by atoms with van der Waals surface area (Å²) in [5, 5.41) is 8.14. The molecule has 1 heterocycles. The maximum absolute atomic E-state index is 12.7. The van der Waals surface area contributed by atoms with E-state index in [1.807, 2.05) is 0 Å². The Morgan fingerprint density at radius 2 is 1.77 bits per heavy atom. The van der Waals surface area contributed by atoms with Crippen LogP contribution in [0.2, 0.25) is 0 Å². The quantitative estimate of drug-likeness (QED) is 0.483. The van der Waals surface area contributed by atoms with Crippen LogP contribution in [-0.2, 0) is 30.8 Å². The van der Waals surface area contributed by atoms with E-state index in [0.29, 0.717) is 24.2 Å². The number of anilines is 1. The van der Waals surface area contributed by atoms with Crippen molar-refractivity contribution in [3.8, 4) is 0 Å². The van der Waals surface area contributed by atoms with Gasteiger partial charge in [-0.25, -0.2) is 23.3 Å². The zero-order valence-electron chi connectivity index (χ0n) is 16.2. The number of nitrogens with two attached hydrogens (primary N) is 1. The number of rotatable bonds is 7. The lowest BCUT2D eigenvalue weighted by atomic mass is 10.1. The third kappa shape index (κ3) is 4.73. The molecular weight excluding hydrogens is 410 g/mol. The summed E-state index contributed by atoms with van der Waals surface area (Å²) in [5.74, 6) is -1.20. The van der Waals surface area contributed by atoms with Gasteiger partial charge in [-0.15, -0.1) is 0 Å². The third-order valence-corrected chi connectivity index (χ3v) is 5.68. The monoisotopic (exact) mass is 431 g/mol. The summed E-state index contributed by atoms with van der Waals surface area (Å²) in [4.78, 5) is 37.6. The van der Waals surface area contributed by atoms with Gasteiger partial charge in [-0.2, -0.15) is 0 Å². The van der Waals surface area contributed by atoms with Gasteiger partial charge < -0.3 is 10.1 Å².